The third-order valence-electron chi connectivity index (χ3n) is 8.59. The van der Waals surface area contributed by atoms with Gasteiger partial charge in [0.1, 0.15) is 6.54 Å². The number of ether oxygens (including phenoxy) is 1. The van der Waals surface area contributed by atoms with Gasteiger partial charge in [-0.15, -0.1) is 5.10 Å². The molecule has 0 amide bonds. The topological polar surface area (TPSA) is 81.0 Å². The van der Waals surface area contributed by atoms with Crippen LogP contribution in [0.15, 0.2) is 58.7 Å². The number of hydrazone groups is 2. The lowest BCUT2D eigenvalue weighted by Gasteiger charge is -2.31. The fraction of sp³-hybridized carbons (Fsp3) is 0.500. The number of carbonyl (C=O) groups excluding carboxylic acids is 1. The van der Waals surface area contributed by atoms with Crippen molar-refractivity contribution in [1.82, 2.24) is 14.9 Å². The summed E-state index contributed by atoms with van der Waals surface area (Å²) >= 11 is 6.24. The molecular weight excluding hydrogens is 514 g/mol. The first-order valence-electron chi connectivity index (χ1n) is 14.1. The summed E-state index contributed by atoms with van der Waals surface area (Å²) < 4.78 is 5.26. The highest BCUT2D eigenvalue weighted by Crippen LogP contribution is 2.46. The maximum absolute atomic E-state index is 12.6. The van der Waals surface area contributed by atoms with Crippen molar-refractivity contribution in [1.29, 1.82) is 0 Å². The second-order valence-corrected chi connectivity index (χ2v) is 11.5. The van der Waals surface area contributed by atoms with Crippen LogP contribution in [-0.4, -0.2) is 70.3 Å². The van der Waals surface area contributed by atoms with Crippen LogP contribution >= 0.6 is 11.6 Å². The highest BCUT2D eigenvalue weighted by molar-refractivity contribution is 6.30. The second kappa shape index (κ2) is 10.8. The van der Waals surface area contributed by atoms with Crippen molar-refractivity contribution >= 4 is 29.2 Å². The van der Waals surface area contributed by atoms with Gasteiger partial charge in [0.25, 0.3) is 0 Å². The van der Waals surface area contributed by atoms with Crippen LogP contribution < -0.4 is 0 Å². The standard InChI is InChI=1S/C30H36ClN5O3/c1-2-39-26(37)19-34-28(33-35(29(34)38)18-21-8-4-3-5-9-21)36-20-30(17-16-22-10-6-7-11-25(22)30)27(32-36)23-12-14-24(31)15-13-23/h6-7,10-15,21,29,38H,2-5,8-9,16-20H2,1H3/t29?,30-/m1/s1. The van der Waals surface area contributed by atoms with E-state index in [9.17, 15) is 9.90 Å². The number of benzene rings is 2. The molecule has 2 aliphatic carbocycles. The van der Waals surface area contributed by atoms with Crippen LogP contribution in [0.2, 0.25) is 5.02 Å². The Morgan fingerprint density at radius 1 is 1.10 bits per heavy atom. The molecule has 6 rings (SSSR count). The predicted molar refractivity (Wildman–Crippen MR) is 151 cm³/mol. The molecule has 39 heavy (non-hydrogen) atoms. The van der Waals surface area contributed by atoms with Crippen molar-refractivity contribution in [2.45, 2.75) is 63.6 Å². The lowest BCUT2D eigenvalue weighted by molar-refractivity contribution is -0.148. The normalized spacial score (nSPS) is 24.8. The molecule has 9 heteroatoms. The van der Waals surface area contributed by atoms with Gasteiger partial charge in [-0.3, -0.25) is 9.69 Å². The summed E-state index contributed by atoms with van der Waals surface area (Å²) in [6, 6.07) is 16.4. The van der Waals surface area contributed by atoms with Crippen molar-refractivity contribution in [3.8, 4) is 0 Å². The van der Waals surface area contributed by atoms with Crippen molar-refractivity contribution in [3.05, 3.63) is 70.2 Å². The van der Waals surface area contributed by atoms with E-state index in [4.69, 9.17) is 26.5 Å². The zero-order chi connectivity index (χ0) is 27.0. The van der Waals surface area contributed by atoms with Gasteiger partial charge in [-0.25, -0.2) is 10.0 Å². The molecule has 206 valence electrons. The first kappa shape index (κ1) is 26.1. The van der Waals surface area contributed by atoms with Crippen LogP contribution in [0.5, 0.6) is 0 Å². The molecule has 0 saturated heterocycles. The molecule has 4 aliphatic rings. The van der Waals surface area contributed by atoms with E-state index in [1.807, 2.05) is 29.3 Å². The van der Waals surface area contributed by atoms with Crippen LogP contribution in [0, 0.1) is 5.92 Å². The fourth-order valence-electron chi connectivity index (χ4n) is 6.69. The zero-order valence-electron chi connectivity index (χ0n) is 22.4. The van der Waals surface area contributed by atoms with E-state index in [1.165, 1.54) is 30.4 Å². The molecule has 2 aromatic rings. The third-order valence-corrected chi connectivity index (χ3v) is 8.84. The monoisotopic (exact) mass is 549 g/mol. The molecule has 1 unspecified atom stereocenters. The molecule has 1 N–H and O–H groups in total. The van der Waals surface area contributed by atoms with Gasteiger partial charge in [0.15, 0.2) is 0 Å². The number of rotatable bonds is 6. The largest absolute Gasteiger partial charge is 0.465 e. The summed E-state index contributed by atoms with van der Waals surface area (Å²) in [5.41, 5.74) is 4.24. The average Bonchev–Trinajstić information content (AvgIpc) is 3.61. The van der Waals surface area contributed by atoms with Gasteiger partial charge in [-0.2, -0.15) is 5.10 Å². The summed E-state index contributed by atoms with van der Waals surface area (Å²) in [5.74, 6) is 0.561. The number of guanidine groups is 1. The Balaban J connectivity index is 1.38. The lowest BCUT2D eigenvalue weighted by atomic mass is 9.75. The molecule has 1 saturated carbocycles. The number of aryl methyl sites for hydroxylation is 1. The number of hydrogen-bond donors (Lipinski definition) is 1. The van der Waals surface area contributed by atoms with Gasteiger partial charge in [0, 0.05) is 11.6 Å². The Morgan fingerprint density at radius 3 is 2.64 bits per heavy atom. The first-order chi connectivity index (χ1) is 19.0. The minimum absolute atomic E-state index is 0.0963. The van der Waals surface area contributed by atoms with Crippen LogP contribution in [0.3, 0.4) is 0 Å². The van der Waals surface area contributed by atoms with Crippen molar-refractivity contribution in [2.75, 3.05) is 26.2 Å². The summed E-state index contributed by atoms with van der Waals surface area (Å²) in [6.07, 6.45) is 6.79. The number of aliphatic hydroxyl groups excluding tert-OH is 1. The molecule has 0 radical (unpaired) electrons. The molecule has 2 aromatic carbocycles. The SMILES string of the molecule is CCOC(=O)CN1C(N2C[C@@]3(CCc4ccccc43)C(c3ccc(Cl)cc3)=N2)=NN(CC2CCCCC2)C1O. The molecule has 2 atom stereocenters. The molecule has 1 spiro atoms. The predicted octanol–water partition coefficient (Wildman–Crippen LogP) is 4.55. The molecule has 8 nitrogen and oxygen atoms in total. The molecule has 0 bridgehead atoms. The number of aliphatic hydroxyl groups is 1. The second-order valence-electron chi connectivity index (χ2n) is 11.1. The Labute approximate surface area is 234 Å². The van der Waals surface area contributed by atoms with Gasteiger partial charge >= 0.3 is 5.97 Å². The fourth-order valence-corrected chi connectivity index (χ4v) is 6.82. The minimum Gasteiger partial charge on any atom is -0.465 e. The van der Waals surface area contributed by atoms with Gasteiger partial charge < -0.3 is 9.84 Å². The lowest BCUT2D eigenvalue weighted by Crippen LogP contribution is -2.50. The molecular formula is C30H36ClN5O3. The Hall–Kier alpha value is -3.10. The van der Waals surface area contributed by atoms with Gasteiger partial charge in [0.05, 0.1) is 24.3 Å². The third kappa shape index (κ3) is 4.89. The van der Waals surface area contributed by atoms with Crippen LogP contribution in [0.1, 0.15) is 62.1 Å². The summed E-state index contributed by atoms with van der Waals surface area (Å²) in [6.45, 7) is 3.20. The van der Waals surface area contributed by atoms with E-state index in [0.717, 1.165) is 37.0 Å². The maximum atomic E-state index is 12.6. The van der Waals surface area contributed by atoms with Gasteiger partial charge in [0.2, 0.25) is 12.3 Å². The van der Waals surface area contributed by atoms with Crippen LogP contribution in [0.4, 0.5) is 0 Å². The van der Waals surface area contributed by atoms with E-state index < -0.39 is 12.3 Å². The van der Waals surface area contributed by atoms with E-state index in [2.05, 4.69) is 24.3 Å². The van der Waals surface area contributed by atoms with Crippen molar-refractivity contribution in [2.24, 2.45) is 16.1 Å². The number of fused-ring (bicyclic) bond motifs is 2. The van der Waals surface area contributed by atoms with Gasteiger partial charge in [-0.05, 0) is 67.3 Å². The Bertz CT molecular complexity index is 1280. The maximum Gasteiger partial charge on any atom is 0.325 e. The minimum atomic E-state index is -1.05. The van der Waals surface area contributed by atoms with E-state index >= 15 is 0 Å². The zero-order valence-corrected chi connectivity index (χ0v) is 23.2. The van der Waals surface area contributed by atoms with Crippen LogP contribution in [-0.2, 0) is 21.4 Å². The van der Waals surface area contributed by atoms with E-state index in [0.29, 0.717) is 30.0 Å². The first-order valence-corrected chi connectivity index (χ1v) is 14.5. The van der Waals surface area contributed by atoms with E-state index in [1.54, 1.807) is 16.8 Å². The molecule has 0 aromatic heterocycles. The summed E-state index contributed by atoms with van der Waals surface area (Å²) in [7, 11) is 0. The molecule has 2 aliphatic heterocycles. The number of hydrogen-bond acceptors (Lipinski definition) is 8. The van der Waals surface area contributed by atoms with Crippen LogP contribution in [0.25, 0.3) is 0 Å². The van der Waals surface area contributed by atoms with Crippen molar-refractivity contribution < 1.29 is 14.6 Å². The molecule has 1 fully saturated rings. The number of esters is 1. The highest BCUT2D eigenvalue weighted by atomic mass is 35.5. The smallest absolute Gasteiger partial charge is 0.325 e. The number of halogens is 1. The van der Waals surface area contributed by atoms with Gasteiger partial charge in [-0.1, -0.05) is 67.3 Å². The average molecular weight is 550 g/mol. The molecule has 2 heterocycles. The number of nitrogens with zero attached hydrogens (tertiary/aromatic N) is 5. The summed E-state index contributed by atoms with van der Waals surface area (Å²) in [5, 5.41) is 25.8. The van der Waals surface area contributed by atoms with E-state index in [-0.39, 0.29) is 18.6 Å². The Kier molecular flexibility index (Phi) is 7.25. The highest BCUT2D eigenvalue weighted by Gasteiger charge is 2.51. The number of carbonyl (C=O) groups is 1. The quantitative estimate of drug-likeness (QED) is 0.532. The Morgan fingerprint density at radius 2 is 1.87 bits per heavy atom. The summed E-state index contributed by atoms with van der Waals surface area (Å²) in [4.78, 5) is 14.2. The van der Waals surface area contributed by atoms with Crippen molar-refractivity contribution in [3.63, 3.8) is 0 Å².